The molecule has 0 unspecified atom stereocenters. The number of nitrogens with one attached hydrogen (secondary N) is 1. The van der Waals surface area contributed by atoms with Crippen LogP contribution in [0, 0.1) is 17.7 Å². The minimum atomic E-state index is -4.43. The Morgan fingerprint density at radius 3 is 2.74 bits per heavy atom. The highest BCUT2D eigenvalue weighted by molar-refractivity contribution is 5.81. The Kier molecular flexibility index (Phi) is 4.92. The van der Waals surface area contributed by atoms with E-state index in [2.05, 4.69) is 14.9 Å². The number of halogens is 4. The van der Waals surface area contributed by atoms with Crippen LogP contribution in [0.3, 0.4) is 0 Å². The van der Waals surface area contributed by atoms with Gasteiger partial charge in [-0.05, 0) is 61.1 Å². The molecule has 1 aliphatic heterocycles. The van der Waals surface area contributed by atoms with Gasteiger partial charge < -0.3 is 14.8 Å². The van der Waals surface area contributed by atoms with Gasteiger partial charge >= 0.3 is 6.18 Å². The van der Waals surface area contributed by atoms with Crippen LogP contribution in [0.4, 0.5) is 23.4 Å². The normalized spacial score (nSPS) is 23.6. The number of pyridine rings is 1. The van der Waals surface area contributed by atoms with Gasteiger partial charge in [-0.1, -0.05) is 6.07 Å². The second-order valence-corrected chi connectivity index (χ2v) is 8.67. The molecule has 2 fully saturated rings. The lowest BCUT2D eigenvalue weighted by Gasteiger charge is -2.23. The molecule has 5 rings (SSSR count). The van der Waals surface area contributed by atoms with E-state index in [1.807, 2.05) is 18.0 Å². The summed E-state index contributed by atoms with van der Waals surface area (Å²) >= 11 is 0. The minimum Gasteiger partial charge on any atom is -0.356 e. The molecule has 1 saturated heterocycles. The topological polar surface area (TPSA) is 33.1 Å². The molecule has 1 saturated carbocycles. The van der Waals surface area contributed by atoms with Crippen LogP contribution in [-0.2, 0) is 19.8 Å². The molecule has 8 heteroatoms. The Morgan fingerprint density at radius 1 is 1.10 bits per heavy atom. The van der Waals surface area contributed by atoms with E-state index in [1.165, 1.54) is 12.1 Å². The van der Waals surface area contributed by atoms with E-state index in [0.29, 0.717) is 36.8 Å². The lowest BCUT2D eigenvalue weighted by atomic mass is 9.98. The van der Waals surface area contributed by atoms with Gasteiger partial charge in [-0.15, -0.1) is 0 Å². The molecule has 2 aliphatic rings. The van der Waals surface area contributed by atoms with Gasteiger partial charge in [-0.25, -0.2) is 9.37 Å². The lowest BCUT2D eigenvalue weighted by molar-refractivity contribution is -0.141. The van der Waals surface area contributed by atoms with E-state index in [-0.39, 0.29) is 5.82 Å². The van der Waals surface area contributed by atoms with Crippen LogP contribution in [0.5, 0.6) is 0 Å². The zero-order valence-electron chi connectivity index (χ0n) is 17.2. The number of hydrogen-bond donors (Lipinski definition) is 1. The average Bonchev–Trinajstić information content (AvgIpc) is 3.39. The van der Waals surface area contributed by atoms with E-state index in [0.717, 1.165) is 42.0 Å². The molecule has 0 amide bonds. The van der Waals surface area contributed by atoms with E-state index in [1.54, 1.807) is 18.2 Å². The number of rotatable bonds is 4. The molecular weight excluding hydrogens is 408 g/mol. The number of hydrogen-bond acceptors (Lipinski definition) is 3. The minimum absolute atomic E-state index is 0.245. The number of benzene rings is 1. The Bertz CT molecular complexity index is 1110. The van der Waals surface area contributed by atoms with Gasteiger partial charge in [0.1, 0.15) is 17.3 Å². The van der Waals surface area contributed by atoms with Crippen LogP contribution in [-0.4, -0.2) is 28.7 Å². The fourth-order valence-electron chi connectivity index (χ4n) is 5.25. The highest BCUT2D eigenvalue weighted by atomic mass is 19.4. The summed E-state index contributed by atoms with van der Waals surface area (Å²) < 4.78 is 54.7. The monoisotopic (exact) mass is 432 g/mol. The third-order valence-electron chi connectivity index (χ3n) is 6.85. The van der Waals surface area contributed by atoms with Crippen molar-refractivity contribution in [2.75, 3.05) is 18.0 Å². The maximum atomic E-state index is 13.5. The summed E-state index contributed by atoms with van der Waals surface area (Å²) in [6.07, 6.45) is -2.33. The van der Waals surface area contributed by atoms with Gasteiger partial charge in [0.15, 0.2) is 0 Å². The zero-order valence-corrected chi connectivity index (χ0v) is 17.2. The molecule has 1 aliphatic carbocycles. The fourth-order valence-corrected chi connectivity index (χ4v) is 5.25. The molecule has 0 bridgehead atoms. The first-order valence-electron chi connectivity index (χ1n) is 10.6. The summed E-state index contributed by atoms with van der Waals surface area (Å²) in [6.45, 7) is 2.12. The molecular formula is C23H24F4N4. The van der Waals surface area contributed by atoms with Crippen LogP contribution in [0.1, 0.15) is 24.2 Å². The van der Waals surface area contributed by atoms with Gasteiger partial charge in [0.2, 0.25) is 0 Å². The number of aromatic nitrogens is 2. The van der Waals surface area contributed by atoms with E-state index in [4.69, 9.17) is 0 Å². The largest absolute Gasteiger partial charge is 0.433 e. The van der Waals surface area contributed by atoms with E-state index < -0.39 is 11.9 Å². The first-order chi connectivity index (χ1) is 14.8. The van der Waals surface area contributed by atoms with Gasteiger partial charge in [-0.3, -0.25) is 0 Å². The summed E-state index contributed by atoms with van der Waals surface area (Å²) in [5.74, 6) is 0.989. The first-order valence-corrected chi connectivity index (χ1v) is 10.6. The van der Waals surface area contributed by atoms with E-state index >= 15 is 0 Å². The van der Waals surface area contributed by atoms with E-state index in [9.17, 15) is 17.6 Å². The third-order valence-corrected chi connectivity index (χ3v) is 6.85. The highest BCUT2D eigenvalue weighted by Crippen LogP contribution is 2.40. The van der Waals surface area contributed by atoms with Crippen molar-refractivity contribution < 1.29 is 17.6 Å². The predicted octanol–water partition coefficient (Wildman–Crippen LogP) is 4.74. The van der Waals surface area contributed by atoms with Crippen LogP contribution >= 0.6 is 0 Å². The number of nitrogens with zero attached hydrogens (tertiary/aromatic N) is 3. The highest BCUT2D eigenvalue weighted by Gasteiger charge is 2.43. The number of anilines is 1. The van der Waals surface area contributed by atoms with Crippen LogP contribution < -0.4 is 10.2 Å². The van der Waals surface area contributed by atoms with Crippen LogP contribution in [0.25, 0.3) is 10.9 Å². The Morgan fingerprint density at radius 2 is 1.94 bits per heavy atom. The third kappa shape index (κ3) is 3.78. The van der Waals surface area contributed by atoms with Crippen molar-refractivity contribution in [2.24, 2.45) is 18.9 Å². The molecule has 1 N–H and O–H groups in total. The van der Waals surface area contributed by atoms with Gasteiger partial charge in [-0.2, -0.15) is 13.2 Å². The maximum absolute atomic E-state index is 13.5. The lowest BCUT2D eigenvalue weighted by Crippen LogP contribution is -2.36. The molecule has 0 radical (unpaired) electrons. The van der Waals surface area contributed by atoms with Gasteiger partial charge in [0, 0.05) is 49.3 Å². The van der Waals surface area contributed by atoms with Crippen molar-refractivity contribution in [3.63, 3.8) is 0 Å². The van der Waals surface area contributed by atoms with Crippen molar-refractivity contribution in [2.45, 2.75) is 31.6 Å². The molecule has 0 spiro atoms. The summed E-state index contributed by atoms with van der Waals surface area (Å²) in [6, 6.07) is 11.2. The second kappa shape index (κ2) is 7.51. The fraction of sp³-hybridized carbons (Fsp3) is 0.435. The van der Waals surface area contributed by atoms with Crippen molar-refractivity contribution in [1.82, 2.24) is 14.9 Å². The molecule has 3 heterocycles. The van der Waals surface area contributed by atoms with Crippen LogP contribution in [0.2, 0.25) is 0 Å². The second-order valence-electron chi connectivity index (χ2n) is 8.67. The van der Waals surface area contributed by atoms with Crippen molar-refractivity contribution in [3.8, 4) is 0 Å². The Labute approximate surface area is 177 Å². The molecule has 4 nitrogen and oxygen atoms in total. The Hall–Kier alpha value is -2.61. The smallest absolute Gasteiger partial charge is 0.356 e. The SMILES string of the molecule is Cn1c(CN[C@H]2CC[C@@H]3CN(c4cccc(C(F)(F)F)n4)C[C@@H]32)cc2cc(F)ccc21. The van der Waals surface area contributed by atoms with Crippen LogP contribution in [0.15, 0.2) is 42.5 Å². The summed E-state index contributed by atoms with van der Waals surface area (Å²) in [5.41, 5.74) is 1.23. The standard InChI is InChI=1S/C23H24F4N4/c1-30-17(10-15-9-16(24)6-8-20(15)30)11-28-19-7-5-14-12-31(13-18(14)19)22-4-2-3-21(29-22)23(25,26)27/h2-4,6,8-10,14,18-19,28H,5,7,11-13H2,1H3/t14-,18+,19+/m1/s1. The zero-order chi connectivity index (χ0) is 21.8. The quantitative estimate of drug-likeness (QED) is 0.605. The molecule has 1 aromatic carbocycles. The van der Waals surface area contributed by atoms with Crippen molar-refractivity contribution in [1.29, 1.82) is 0 Å². The Balaban J connectivity index is 1.27. The summed E-state index contributed by atoms with van der Waals surface area (Å²) in [4.78, 5) is 5.85. The summed E-state index contributed by atoms with van der Waals surface area (Å²) in [7, 11) is 1.98. The number of aryl methyl sites for hydroxylation is 1. The van der Waals surface area contributed by atoms with Crippen molar-refractivity contribution >= 4 is 16.7 Å². The first kappa shape index (κ1) is 20.3. The van der Waals surface area contributed by atoms with Gasteiger partial charge in [0.25, 0.3) is 0 Å². The predicted molar refractivity (Wildman–Crippen MR) is 111 cm³/mol. The number of fused-ring (bicyclic) bond motifs is 2. The number of alkyl halides is 3. The van der Waals surface area contributed by atoms with Crippen molar-refractivity contribution in [3.05, 3.63) is 59.7 Å². The molecule has 164 valence electrons. The molecule has 3 aromatic rings. The summed E-state index contributed by atoms with van der Waals surface area (Å²) in [5, 5.41) is 4.53. The molecule has 3 atom stereocenters. The maximum Gasteiger partial charge on any atom is 0.433 e. The molecule has 2 aromatic heterocycles. The molecule has 31 heavy (non-hydrogen) atoms. The van der Waals surface area contributed by atoms with Gasteiger partial charge in [0.05, 0.1) is 0 Å². The average molecular weight is 432 g/mol.